The van der Waals surface area contributed by atoms with Gasteiger partial charge < -0.3 is 8.94 Å². The number of aromatic nitrogens is 1. The number of halogens is 1. The average Bonchev–Trinajstić information content (AvgIpc) is 3.09. The largest absolute Gasteiger partial charge is 0.451 e. The first-order valence-electron chi connectivity index (χ1n) is 8.00. The molecule has 1 aliphatic carbocycles. The van der Waals surface area contributed by atoms with Gasteiger partial charge in [0, 0.05) is 21.5 Å². The van der Waals surface area contributed by atoms with E-state index in [0.717, 1.165) is 41.5 Å². The number of amides is 1. The molecule has 0 aliphatic heterocycles. The number of carbonyl (C=O) groups is 1. The molecule has 1 atom stereocenters. The standard InChI is InChI=1S/C18H17ClN2O3/c1-9-3-5-14-13(7-9)18(24-21-14)20-17(22)16-10(2)12-8-11(19)4-6-15(12)23-16/h4,6,8-9H,3,5,7H2,1-2H3,(H,20,22)/t9-/m0/s1. The maximum atomic E-state index is 12.6. The van der Waals surface area contributed by atoms with Crippen molar-refractivity contribution in [1.29, 1.82) is 0 Å². The highest BCUT2D eigenvalue weighted by atomic mass is 35.5. The van der Waals surface area contributed by atoms with Gasteiger partial charge in [0.15, 0.2) is 5.76 Å². The van der Waals surface area contributed by atoms with Gasteiger partial charge in [0.1, 0.15) is 5.58 Å². The number of nitrogens with zero attached hydrogens (tertiary/aromatic N) is 1. The summed E-state index contributed by atoms with van der Waals surface area (Å²) in [5, 5.41) is 8.33. The second kappa shape index (κ2) is 5.67. The molecular formula is C18H17ClN2O3. The minimum atomic E-state index is -0.336. The Labute approximate surface area is 143 Å². The third-order valence-corrected chi connectivity index (χ3v) is 4.86. The number of nitrogens with one attached hydrogen (secondary N) is 1. The predicted molar refractivity (Wildman–Crippen MR) is 91.6 cm³/mol. The highest BCUT2D eigenvalue weighted by molar-refractivity contribution is 6.31. The number of rotatable bonds is 2. The zero-order chi connectivity index (χ0) is 16.8. The van der Waals surface area contributed by atoms with Crippen molar-refractivity contribution in [2.24, 2.45) is 5.92 Å². The van der Waals surface area contributed by atoms with Crippen LogP contribution in [0.4, 0.5) is 5.88 Å². The van der Waals surface area contributed by atoms with Crippen molar-refractivity contribution in [3.05, 3.63) is 45.8 Å². The summed E-state index contributed by atoms with van der Waals surface area (Å²) >= 11 is 6.02. The van der Waals surface area contributed by atoms with Gasteiger partial charge in [-0.05, 0) is 50.3 Å². The van der Waals surface area contributed by atoms with Crippen LogP contribution >= 0.6 is 11.6 Å². The minimum Gasteiger partial charge on any atom is -0.451 e. The number of fused-ring (bicyclic) bond motifs is 2. The fourth-order valence-corrected chi connectivity index (χ4v) is 3.42. The van der Waals surface area contributed by atoms with Crippen LogP contribution in [-0.4, -0.2) is 11.1 Å². The van der Waals surface area contributed by atoms with Gasteiger partial charge in [-0.2, -0.15) is 0 Å². The molecule has 4 rings (SSSR count). The van der Waals surface area contributed by atoms with Gasteiger partial charge in [-0.3, -0.25) is 10.1 Å². The van der Waals surface area contributed by atoms with Crippen LogP contribution in [0.5, 0.6) is 0 Å². The van der Waals surface area contributed by atoms with E-state index >= 15 is 0 Å². The van der Waals surface area contributed by atoms with E-state index in [2.05, 4.69) is 17.4 Å². The molecule has 1 amide bonds. The van der Waals surface area contributed by atoms with Gasteiger partial charge in [-0.1, -0.05) is 23.7 Å². The number of hydrogen-bond donors (Lipinski definition) is 1. The third-order valence-electron chi connectivity index (χ3n) is 4.63. The molecule has 0 radical (unpaired) electrons. The molecule has 0 saturated carbocycles. The topological polar surface area (TPSA) is 68.3 Å². The molecule has 124 valence electrons. The normalized spacial score (nSPS) is 17.0. The van der Waals surface area contributed by atoms with E-state index in [9.17, 15) is 4.79 Å². The quantitative estimate of drug-likeness (QED) is 0.727. The van der Waals surface area contributed by atoms with Crippen molar-refractivity contribution in [1.82, 2.24) is 5.16 Å². The molecule has 0 saturated heterocycles. The Morgan fingerprint density at radius 3 is 3.08 bits per heavy atom. The second-order valence-corrected chi connectivity index (χ2v) is 6.87. The van der Waals surface area contributed by atoms with E-state index in [1.807, 2.05) is 6.92 Å². The maximum Gasteiger partial charge on any atom is 0.294 e. The van der Waals surface area contributed by atoms with Crippen LogP contribution in [0, 0.1) is 12.8 Å². The molecular weight excluding hydrogens is 328 g/mol. The minimum absolute atomic E-state index is 0.265. The van der Waals surface area contributed by atoms with Crippen LogP contribution in [0.3, 0.4) is 0 Å². The third kappa shape index (κ3) is 2.49. The molecule has 1 aromatic carbocycles. The molecule has 2 aromatic heterocycles. The van der Waals surface area contributed by atoms with E-state index in [0.29, 0.717) is 22.4 Å². The summed E-state index contributed by atoms with van der Waals surface area (Å²) in [6, 6.07) is 5.30. The molecule has 6 heteroatoms. The van der Waals surface area contributed by atoms with Gasteiger partial charge in [0.2, 0.25) is 5.88 Å². The van der Waals surface area contributed by atoms with Crippen molar-refractivity contribution < 1.29 is 13.7 Å². The van der Waals surface area contributed by atoms with Crippen LogP contribution < -0.4 is 5.32 Å². The van der Waals surface area contributed by atoms with Crippen molar-refractivity contribution in [2.45, 2.75) is 33.1 Å². The van der Waals surface area contributed by atoms with Crippen molar-refractivity contribution >= 4 is 34.4 Å². The molecule has 0 unspecified atom stereocenters. The van der Waals surface area contributed by atoms with Gasteiger partial charge in [0.25, 0.3) is 5.91 Å². The summed E-state index contributed by atoms with van der Waals surface area (Å²) in [5.74, 6) is 0.917. The highest BCUT2D eigenvalue weighted by Crippen LogP contribution is 2.32. The molecule has 0 spiro atoms. The lowest BCUT2D eigenvalue weighted by molar-refractivity contribution is 0.0994. The summed E-state index contributed by atoms with van der Waals surface area (Å²) in [4.78, 5) is 12.6. The Morgan fingerprint density at radius 1 is 1.42 bits per heavy atom. The predicted octanol–water partition coefficient (Wildman–Crippen LogP) is 4.76. The molecule has 5 nitrogen and oxygen atoms in total. The summed E-state index contributed by atoms with van der Waals surface area (Å²) in [6.07, 6.45) is 2.84. The highest BCUT2D eigenvalue weighted by Gasteiger charge is 2.26. The van der Waals surface area contributed by atoms with Crippen LogP contribution in [0.1, 0.15) is 40.7 Å². The van der Waals surface area contributed by atoms with E-state index in [1.165, 1.54) is 0 Å². The van der Waals surface area contributed by atoms with E-state index in [-0.39, 0.29) is 11.7 Å². The molecule has 3 aromatic rings. The lowest BCUT2D eigenvalue weighted by Gasteiger charge is -2.16. The SMILES string of the molecule is Cc1c(C(=O)Nc2onc3c2C[C@@H](C)CC3)oc2ccc(Cl)cc12. The number of furan rings is 1. The van der Waals surface area contributed by atoms with Crippen molar-refractivity contribution in [2.75, 3.05) is 5.32 Å². The van der Waals surface area contributed by atoms with Crippen LogP contribution in [0.15, 0.2) is 27.1 Å². The lowest BCUT2D eigenvalue weighted by atomic mass is 9.89. The number of aryl methyl sites for hydroxylation is 2. The van der Waals surface area contributed by atoms with Crippen molar-refractivity contribution in [3.8, 4) is 0 Å². The van der Waals surface area contributed by atoms with Crippen LogP contribution in [-0.2, 0) is 12.8 Å². The summed E-state index contributed by atoms with van der Waals surface area (Å²) in [5.41, 5.74) is 3.33. The Kier molecular flexibility index (Phi) is 3.61. The fraction of sp³-hybridized carbons (Fsp3) is 0.333. The van der Waals surface area contributed by atoms with Gasteiger partial charge in [-0.15, -0.1) is 0 Å². The van der Waals surface area contributed by atoms with E-state index < -0.39 is 0 Å². The Hall–Kier alpha value is -2.27. The molecule has 2 heterocycles. The number of benzene rings is 1. The van der Waals surface area contributed by atoms with E-state index in [4.69, 9.17) is 20.5 Å². The van der Waals surface area contributed by atoms with E-state index in [1.54, 1.807) is 18.2 Å². The van der Waals surface area contributed by atoms with Gasteiger partial charge in [0.05, 0.1) is 5.69 Å². The Bertz CT molecular complexity index is 941. The fourth-order valence-electron chi connectivity index (χ4n) is 3.25. The second-order valence-electron chi connectivity index (χ2n) is 6.44. The van der Waals surface area contributed by atoms with Crippen LogP contribution in [0.2, 0.25) is 5.02 Å². The molecule has 24 heavy (non-hydrogen) atoms. The molecule has 0 bridgehead atoms. The smallest absolute Gasteiger partial charge is 0.294 e. The molecule has 1 aliphatic rings. The Balaban J connectivity index is 1.66. The number of hydrogen-bond acceptors (Lipinski definition) is 4. The number of carbonyl (C=O) groups excluding carboxylic acids is 1. The van der Waals surface area contributed by atoms with Gasteiger partial charge in [-0.25, -0.2) is 0 Å². The summed E-state index contributed by atoms with van der Waals surface area (Å²) in [7, 11) is 0. The molecule has 1 N–H and O–H groups in total. The first kappa shape index (κ1) is 15.3. The lowest BCUT2D eigenvalue weighted by Crippen LogP contribution is -2.16. The maximum absolute atomic E-state index is 12.6. The van der Waals surface area contributed by atoms with Gasteiger partial charge >= 0.3 is 0 Å². The summed E-state index contributed by atoms with van der Waals surface area (Å²) < 4.78 is 11.0. The number of anilines is 1. The monoisotopic (exact) mass is 344 g/mol. The first-order chi connectivity index (χ1) is 11.5. The molecule has 0 fully saturated rings. The first-order valence-corrected chi connectivity index (χ1v) is 8.38. The Morgan fingerprint density at radius 2 is 2.25 bits per heavy atom. The van der Waals surface area contributed by atoms with Crippen molar-refractivity contribution in [3.63, 3.8) is 0 Å². The van der Waals surface area contributed by atoms with Crippen LogP contribution in [0.25, 0.3) is 11.0 Å². The summed E-state index contributed by atoms with van der Waals surface area (Å²) in [6.45, 7) is 4.03. The zero-order valence-electron chi connectivity index (χ0n) is 13.5. The average molecular weight is 345 g/mol. The zero-order valence-corrected chi connectivity index (χ0v) is 14.2.